The maximum Gasteiger partial charge on any atom is 0.114 e. The van der Waals surface area contributed by atoms with E-state index in [1.165, 1.54) is 6.20 Å². The van der Waals surface area contributed by atoms with Crippen molar-refractivity contribution in [3.63, 3.8) is 0 Å². The Hall–Kier alpha value is -4.93. The zero-order valence-electron chi connectivity index (χ0n) is 23.8. The molecule has 6 rings (SSSR count). The highest BCUT2D eigenvalue weighted by molar-refractivity contribution is 5.99. The molecule has 0 amide bonds. The zero-order valence-corrected chi connectivity index (χ0v) is 23.8. The normalized spacial score (nSPS) is 16.3. The zero-order chi connectivity index (χ0) is 29.5. The summed E-state index contributed by atoms with van der Waals surface area (Å²) < 4.78 is 13.9. The number of benzene rings is 2. The number of nitrogens with one attached hydrogen (secondary N) is 4. The average Bonchev–Trinajstić information content (AvgIpc) is 3.64. The van der Waals surface area contributed by atoms with Crippen LogP contribution in [0.2, 0.25) is 0 Å². The highest BCUT2D eigenvalue weighted by Crippen LogP contribution is 2.43. The molecule has 1 aliphatic heterocycles. The van der Waals surface area contributed by atoms with Gasteiger partial charge in [0.2, 0.25) is 0 Å². The third kappa shape index (κ3) is 5.02. The lowest BCUT2D eigenvalue weighted by Gasteiger charge is -2.24. The summed E-state index contributed by atoms with van der Waals surface area (Å²) in [6.45, 7) is 6.52. The number of hydrazine groups is 2. The standard InChI is InChI=1S/C32H32FN9/c1-31(2,3)19-38-29-22(14-35)16-37-28-21(13-34)11-23(12-26(28)29)39-30(25-6-4-5-20-15-36-10-7-24(20)25)27-17-42(41-40-27)32(18-33)8-9-32/h4-7,10-12,15-17,30,39-41H,8-9,18-19H2,1-3H3,(H,37,38)/t30-/m0/s1. The van der Waals surface area contributed by atoms with Crippen molar-refractivity contribution in [3.8, 4) is 12.1 Å². The van der Waals surface area contributed by atoms with Gasteiger partial charge in [0.25, 0.3) is 0 Å². The molecule has 4 N–H and O–H groups in total. The second-order valence-corrected chi connectivity index (χ2v) is 12.2. The van der Waals surface area contributed by atoms with Gasteiger partial charge in [0.1, 0.15) is 18.8 Å². The van der Waals surface area contributed by atoms with Gasteiger partial charge in [-0.25, -0.2) is 4.39 Å². The Morgan fingerprint density at radius 2 is 1.90 bits per heavy atom. The van der Waals surface area contributed by atoms with Crippen molar-refractivity contribution in [2.24, 2.45) is 5.41 Å². The fourth-order valence-corrected chi connectivity index (χ4v) is 5.30. The second kappa shape index (κ2) is 10.5. The molecule has 2 aromatic carbocycles. The van der Waals surface area contributed by atoms with Crippen molar-refractivity contribution in [3.05, 3.63) is 83.6 Å². The van der Waals surface area contributed by atoms with Gasteiger partial charge in [-0.15, -0.1) is 5.53 Å². The summed E-state index contributed by atoms with van der Waals surface area (Å²) >= 11 is 0. The van der Waals surface area contributed by atoms with E-state index < -0.39 is 18.3 Å². The molecule has 0 bridgehead atoms. The number of anilines is 2. The maximum absolute atomic E-state index is 13.9. The molecule has 10 heteroatoms. The van der Waals surface area contributed by atoms with E-state index >= 15 is 0 Å². The van der Waals surface area contributed by atoms with E-state index in [9.17, 15) is 14.9 Å². The fraction of sp³-hybridized carbons (Fsp3) is 0.312. The molecule has 4 aromatic rings. The molecule has 1 atom stereocenters. The summed E-state index contributed by atoms with van der Waals surface area (Å²) in [5.41, 5.74) is 10.3. The summed E-state index contributed by atoms with van der Waals surface area (Å²) in [6.07, 6.45) is 8.57. The second-order valence-electron chi connectivity index (χ2n) is 12.2. The first-order valence-electron chi connectivity index (χ1n) is 13.9. The molecule has 1 saturated carbocycles. The van der Waals surface area contributed by atoms with E-state index in [1.807, 2.05) is 47.7 Å². The molecule has 3 heterocycles. The van der Waals surface area contributed by atoms with Crippen LogP contribution in [0.4, 0.5) is 15.8 Å². The van der Waals surface area contributed by atoms with Crippen molar-refractivity contribution >= 4 is 33.1 Å². The first-order chi connectivity index (χ1) is 20.2. The van der Waals surface area contributed by atoms with Crippen molar-refractivity contribution < 1.29 is 4.39 Å². The Kier molecular flexibility index (Phi) is 6.80. The van der Waals surface area contributed by atoms with Crippen LogP contribution in [-0.4, -0.2) is 33.7 Å². The SMILES string of the molecule is CC(C)(C)CNc1c(C#N)cnc2c(C#N)cc(N[C@H](C3=CN(C4(CF)CC4)NN3)c3cccc4cnccc34)cc12. The van der Waals surface area contributed by atoms with Crippen molar-refractivity contribution in [1.29, 1.82) is 10.5 Å². The van der Waals surface area contributed by atoms with Gasteiger partial charge in [0.15, 0.2) is 0 Å². The molecular weight excluding hydrogens is 529 g/mol. The number of hydrogen-bond donors (Lipinski definition) is 4. The van der Waals surface area contributed by atoms with E-state index in [0.29, 0.717) is 39.9 Å². The number of aromatic nitrogens is 2. The van der Waals surface area contributed by atoms with Crippen LogP contribution in [0, 0.1) is 28.1 Å². The Balaban J connectivity index is 1.48. The Morgan fingerprint density at radius 3 is 2.62 bits per heavy atom. The molecule has 0 radical (unpaired) electrons. The first-order valence-corrected chi connectivity index (χ1v) is 13.9. The van der Waals surface area contributed by atoms with E-state index in [2.05, 4.69) is 64.5 Å². The van der Waals surface area contributed by atoms with Crippen LogP contribution in [-0.2, 0) is 0 Å². The van der Waals surface area contributed by atoms with Crippen molar-refractivity contribution in [2.45, 2.75) is 45.2 Å². The van der Waals surface area contributed by atoms with Gasteiger partial charge in [0.05, 0.1) is 39.6 Å². The molecule has 1 aliphatic carbocycles. The smallest absolute Gasteiger partial charge is 0.114 e. The van der Waals surface area contributed by atoms with Crippen LogP contribution in [0.5, 0.6) is 0 Å². The minimum absolute atomic E-state index is 0.0391. The first kappa shape index (κ1) is 27.3. The fourth-order valence-electron chi connectivity index (χ4n) is 5.30. The molecule has 0 unspecified atom stereocenters. The highest BCUT2D eigenvalue weighted by atomic mass is 19.1. The van der Waals surface area contributed by atoms with Crippen LogP contribution in [0.3, 0.4) is 0 Å². The topological polar surface area (TPSA) is 125 Å². The Labute approximate surface area is 244 Å². The number of pyridine rings is 2. The van der Waals surface area contributed by atoms with Crippen molar-refractivity contribution in [2.75, 3.05) is 23.9 Å². The average molecular weight is 562 g/mol. The monoisotopic (exact) mass is 561 g/mol. The summed E-state index contributed by atoms with van der Waals surface area (Å²) in [5, 5.41) is 31.6. The van der Waals surface area contributed by atoms with E-state index in [1.54, 1.807) is 12.3 Å². The molecule has 212 valence electrons. The van der Waals surface area contributed by atoms with Crippen LogP contribution < -0.4 is 21.6 Å². The number of nitrogens with zero attached hydrogens (tertiary/aromatic N) is 5. The predicted octanol–water partition coefficient (Wildman–Crippen LogP) is 5.81. The number of rotatable bonds is 8. The van der Waals surface area contributed by atoms with Crippen LogP contribution in [0.1, 0.15) is 56.3 Å². The number of hydrogen-bond acceptors (Lipinski definition) is 9. The molecular formula is C32H32FN9. The van der Waals surface area contributed by atoms with Crippen LogP contribution >= 0.6 is 0 Å². The number of fused-ring (bicyclic) bond motifs is 2. The summed E-state index contributed by atoms with van der Waals surface area (Å²) in [7, 11) is 0. The van der Waals surface area contributed by atoms with E-state index in [0.717, 1.165) is 34.9 Å². The van der Waals surface area contributed by atoms with Gasteiger partial charge in [-0.3, -0.25) is 15.0 Å². The summed E-state index contributed by atoms with van der Waals surface area (Å²) in [4.78, 5) is 8.77. The number of halogens is 1. The number of alkyl halides is 1. The molecule has 0 saturated heterocycles. The van der Waals surface area contributed by atoms with E-state index in [-0.39, 0.29) is 5.41 Å². The van der Waals surface area contributed by atoms with Gasteiger partial charge in [-0.2, -0.15) is 10.5 Å². The van der Waals surface area contributed by atoms with Crippen LogP contribution in [0.15, 0.2) is 66.9 Å². The van der Waals surface area contributed by atoms with Gasteiger partial charge >= 0.3 is 0 Å². The minimum Gasteiger partial charge on any atom is -0.383 e. The highest BCUT2D eigenvalue weighted by Gasteiger charge is 2.49. The molecule has 1 fully saturated rings. The third-order valence-electron chi connectivity index (χ3n) is 7.83. The third-order valence-corrected chi connectivity index (χ3v) is 7.83. The van der Waals surface area contributed by atoms with Gasteiger partial charge in [0, 0.05) is 47.8 Å². The van der Waals surface area contributed by atoms with Gasteiger partial charge < -0.3 is 16.1 Å². The largest absolute Gasteiger partial charge is 0.383 e. The molecule has 9 nitrogen and oxygen atoms in total. The van der Waals surface area contributed by atoms with Gasteiger partial charge in [-0.05, 0) is 47.4 Å². The minimum atomic E-state index is -0.536. The van der Waals surface area contributed by atoms with Crippen molar-refractivity contribution in [1.82, 2.24) is 25.9 Å². The Bertz CT molecular complexity index is 1790. The molecule has 2 aromatic heterocycles. The predicted molar refractivity (Wildman–Crippen MR) is 161 cm³/mol. The van der Waals surface area contributed by atoms with E-state index in [4.69, 9.17) is 0 Å². The lowest BCUT2D eigenvalue weighted by molar-refractivity contribution is 0.146. The lowest BCUT2D eigenvalue weighted by atomic mass is 9.96. The quantitative estimate of drug-likeness (QED) is 0.211. The summed E-state index contributed by atoms with van der Waals surface area (Å²) in [5.74, 6) is 0. The maximum atomic E-state index is 13.9. The number of nitriles is 2. The molecule has 0 spiro atoms. The van der Waals surface area contributed by atoms with Gasteiger partial charge in [-0.1, -0.05) is 39.0 Å². The lowest BCUT2D eigenvalue weighted by Crippen LogP contribution is -2.46. The molecule has 42 heavy (non-hydrogen) atoms. The molecule has 2 aliphatic rings. The summed E-state index contributed by atoms with van der Waals surface area (Å²) in [6, 6.07) is 15.9. The van der Waals surface area contributed by atoms with Crippen LogP contribution in [0.25, 0.3) is 21.7 Å². The Morgan fingerprint density at radius 1 is 1.10 bits per heavy atom.